The third-order valence-electron chi connectivity index (χ3n) is 2.45. The van der Waals surface area contributed by atoms with Crippen LogP contribution in [-0.4, -0.2) is 66.6 Å². The Morgan fingerprint density at radius 1 is 1.14 bits per heavy atom. The van der Waals surface area contributed by atoms with Crippen molar-refractivity contribution in [3.05, 3.63) is 0 Å². The molecule has 7 nitrogen and oxygen atoms in total. The van der Waals surface area contributed by atoms with E-state index in [1.807, 2.05) is 0 Å². The van der Waals surface area contributed by atoms with Gasteiger partial charge in [0.15, 0.2) is 5.60 Å². The fourth-order valence-corrected chi connectivity index (χ4v) is 1.47. The van der Waals surface area contributed by atoms with Gasteiger partial charge in [0.25, 0.3) is 0 Å². The zero-order valence-electron chi connectivity index (χ0n) is 7.11. The molecule has 0 amide bonds. The summed E-state index contributed by atoms with van der Waals surface area (Å²) >= 11 is 0. The molecule has 0 aliphatic heterocycles. The van der Waals surface area contributed by atoms with Crippen LogP contribution in [0.2, 0.25) is 0 Å². The number of rotatable bonds is 1. The molecule has 0 bridgehead atoms. The Morgan fingerprint density at radius 3 is 2.07 bits per heavy atom. The van der Waals surface area contributed by atoms with E-state index in [0.29, 0.717) is 0 Å². The van der Waals surface area contributed by atoms with E-state index in [1.54, 1.807) is 0 Å². The Morgan fingerprint density at radius 2 is 1.64 bits per heavy atom. The van der Waals surface area contributed by atoms with Crippen LogP contribution >= 0.6 is 0 Å². The van der Waals surface area contributed by atoms with E-state index in [4.69, 9.17) is 20.4 Å². The highest BCUT2D eigenvalue weighted by molar-refractivity contribution is 5.78. The number of hydrogen-bond acceptors (Lipinski definition) is 6. The molecule has 0 aromatic rings. The standard InChI is InChI=1S/C7H12O7/c8-2-1-7(14,6(12)13)5(11)4(10)3(2)9/h2-5,8-11,14H,1H2,(H,12,13)/t2-,3?,4+,5?,7?/m1/s1. The summed E-state index contributed by atoms with van der Waals surface area (Å²) < 4.78 is 0. The molecule has 7 heteroatoms. The van der Waals surface area contributed by atoms with Crippen molar-refractivity contribution in [2.75, 3.05) is 0 Å². The Kier molecular flexibility index (Phi) is 2.79. The number of carbonyl (C=O) groups is 1. The Bertz CT molecular complexity index is 242. The number of carboxylic acid groups (broad SMARTS) is 1. The molecule has 0 aromatic heterocycles. The summed E-state index contributed by atoms with van der Waals surface area (Å²) in [6, 6.07) is 0. The second-order valence-corrected chi connectivity index (χ2v) is 3.43. The molecule has 1 saturated carbocycles. The average Bonchev–Trinajstić information content (AvgIpc) is 2.11. The number of aliphatic carboxylic acids is 1. The Hall–Kier alpha value is -0.730. The highest BCUT2D eigenvalue weighted by atomic mass is 16.4. The van der Waals surface area contributed by atoms with E-state index < -0.39 is 42.4 Å². The quantitative estimate of drug-likeness (QED) is 0.264. The van der Waals surface area contributed by atoms with Gasteiger partial charge in [0, 0.05) is 6.42 Å². The van der Waals surface area contributed by atoms with Crippen LogP contribution in [0.25, 0.3) is 0 Å². The van der Waals surface area contributed by atoms with Gasteiger partial charge in [-0.15, -0.1) is 0 Å². The molecule has 5 atom stereocenters. The van der Waals surface area contributed by atoms with Gasteiger partial charge in [-0.3, -0.25) is 0 Å². The lowest BCUT2D eigenvalue weighted by atomic mass is 9.77. The van der Waals surface area contributed by atoms with Crippen molar-refractivity contribution < 1.29 is 35.4 Å². The zero-order chi connectivity index (χ0) is 11.1. The number of aliphatic hydroxyl groups excluding tert-OH is 4. The molecular weight excluding hydrogens is 196 g/mol. The molecule has 0 aromatic carbocycles. The van der Waals surface area contributed by atoms with Crippen LogP contribution in [0.4, 0.5) is 0 Å². The van der Waals surface area contributed by atoms with Crippen LogP contribution in [0.15, 0.2) is 0 Å². The minimum atomic E-state index is -2.63. The summed E-state index contributed by atoms with van der Waals surface area (Å²) in [5.41, 5.74) is -2.63. The van der Waals surface area contributed by atoms with Crippen molar-refractivity contribution in [3.8, 4) is 0 Å². The number of aliphatic hydroxyl groups is 5. The van der Waals surface area contributed by atoms with Crippen molar-refractivity contribution in [3.63, 3.8) is 0 Å². The molecule has 1 fully saturated rings. The topological polar surface area (TPSA) is 138 Å². The van der Waals surface area contributed by atoms with Gasteiger partial charge in [-0.05, 0) is 0 Å². The van der Waals surface area contributed by atoms with Gasteiger partial charge in [-0.25, -0.2) is 4.79 Å². The Balaban J connectivity index is 2.96. The summed E-state index contributed by atoms with van der Waals surface area (Å²) in [5, 5.41) is 54.5. The smallest absolute Gasteiger partial charge is 0.338 e. The molecule has 0 saturated heterocycles. The first-order valence-corrected chi connectivity index (χ1v) is 3.98. The minimum Gasteiger partial charge on any atom is -0.479 e. The third kappa shape index (κ3) is 1.49. The van der Waals surface area contributed by atoms with E-state index in [9.17, 15) is 15.0 Å². The summed E-state index contributed by atoms with van der Waals surface area (Å²) in [5.74, 6) is -1.75. The molecular formula is C7H12O7. The van der Waals surface area contributed by atoms with Crippen LogP contribution < -0.4 is 0 Å². The lowest BCUT2D eigenvalue weighted by Gasteiger charge is -2.41. The van der Waals surface area contributed by atoms with Crippen molar-refractivity contribution in [1.82, 2.24) is 0 Å². The SMILES string of the molecule is O=C(O)C1(O)C[C@@H](O)C(O)[C@H](O)C1O. The maximum atomic E-state index is 10.6. The largest absolute Gasteiger partial charge is 0.479 e. The molecule has 0 spiro atoms. The van der Waals surface area contributed by atoms with Crippen molar-refractivity contribution in [1.29, 1.82) is 0 Å². The fraction of sp³-hybridized carbons (Fsp3) is 0.857. The molecule has 14 heavy (non-hydrogen) atoms. The summed E-state index contributed by atoms with van der Waals surface area (Å²) in [7, 11) is 0. The summed E-state index contributed by atoms with van der Waals surface area (Å²) in [6.45, 7) is 0. The fourth-order valence-electron chi connectivity index (χ4n) is 1.47. The molecule has 6 N–H and O–H groups in total. The van der Waals surface area contributed by atoms with E-state index in [0.717, 1.165) is 0 Å². The number of carboxylic acids is 1. The van der Waals surface area contributed by atoms with Crippen LogP contribution in [0, 0.1) is 0 Å². The first kappa shape index (κ1) is 11.3. The first-order valence-electron chi connectivity index (χ1n) is 3.98. The van der Waals surface area contributed by atoms with Gasteiger partial charge in [0.2, 0.25) is 0 Å². The van der Waals surface area contributed by atoms with Gasteiger partial charge in [0.05, 0.1) is 6.10 Å². The maximum Gasteiger partial charge on any atom is 0.338 e. The van der Waals surface area contributed by atoms with E-state index >= 15 is 0 Å². The predicted octanol–water partition coefficient (Wildman–Crippen LogP) is -3.35. The van der Waals surface area contributed by atoms with Crippen LogP contribution in [0.5, 0.6) is 0 Å². The summed E-state index contributed by atoms with van der Waals surface area (Å²) in [4.78, 5) is 10.6. The second-order valence-electron chi connectivity index (χ2n) is 3.43. The van der Waals surface area contributed by atoms with Gasteiger partial charge in [0.1, 0.15) is 18.3 Å². The molecule has 0 heterocycles. The number of hydrogen-bond donors (Lipinski definition) is 6. The first-order chi connectivity index (χ1) is 6.30. The molecule has 0 radical (unpaired) electrons. The highest BCUT2D eigenvalue weighted by Gasteiger charge is 2.55. The van der Waals surface area contributed by atoms with E-state index in [1.165, 1.54) is 0 Å². The molecule has 1 aliphatic carbocycles. The van der Waals surface area contributed by atoms with Crippen molar-refractivity contribution in [2.24, 2.45) is 0 Å². The van der Waals surface area contributed by atoms with Crippen LogP contribution in [0.3, 0.4) is 0 Å². The summed E-state index contributed by atoms with van der Waals surface area (Å²) in [6.07, 6.45) is -7.90. The van der Waals surface area contributed by atoms with Crippen LogP contribution in [-0.2, 0) is 4.79 Å². The lowest BCUT2D eigenvalue weighted by molar-refractivity contribution is -0.227. The average molecular weight is 208 g/mol. The van der Waals surface area contributed by atoms with Crippen molar-refractivity contribution in [2.45, 2.75) is 36.4 Å². The van der Waals surface area contributed by atoms with Gasteiger partial charge in [-0.2, -0.15) is 0 Å². The lowest BCUT2D eigenvalue weighted by Crippen LogP contribution is -2.65. The zero-order valence-corrected chi connectivity index (χ0v) is 7.11. The highest BCUT2D eigenvalue weighted by Crippen LogP contribution is 2.29. The van der Waals surface area contributed by atoms with Crippen LogP contribution in [0.1, 0.15) is 6.42 Å². The van der Waals surface area contributed by atoms with Gasteiger partial charge in [-0.1, -0.05) is 0 Å². The minimum absolute atomic E-state index is 0.734. The molecule has 1 rings (SSSR count). The molecule has 1 aliphatic rings. The van der Waals surface area contributed by atoms with Gasteiger partial charge >= 0.3 is 5.97 Å². The Labute approximate surface area is 78.8 Å². The molecule has 3 unspecified atom stereocenters. The predicted molar refractivity (Wildman–Crippen MR) is 41.2 cm³/mol. The third-order valence-corrected chi connectivity index (χ3v) is 2.45. The van der Waals surface area contributed by atoms with Gasteiger partial charge < -0.3 is 30.6 Å². The normalized spacial score (nSPS) is 48.9. The second kappa shape index (κ2) is 3.44. The van der Waals surface area contributed by atoms with E-state index in [-0.39, 0.29) is 0 Å². The maximum absolute atomic E-state index is 10.6. The monoisotopic (exact) mass is 208 g/mol. The van der Waals surface area contributed by atoms with E-state index in [2.05, 4.69) is 0 Å². The molecule has 82 valence electrons. The van der Waals surface area contributed by atoms with Crippen molar-refractivity contribution >= 4 is 5.97 Å².